The molecule has 6 heteroatoms. The third kappa shape index (κ3) is 5.17. The fraction of sp³-hybridized carbons (Fsp3) is 0.250. The summed E-state index contributed by atoms with van der Waals surface area (Å²) in [7, 11) is 0. The van der Waals surface area contributed by atoms with Gasteiger partial charge in [0.15, 0.2) is 6.61 Å². The zero-order valence-electron chi connectivity index (χ0n) is 19.2. The van der Waals surface area contributed by atoms with E-state index in [1.807, 2.05) is 61.5 Å². The molecule has 174 valence electrons. The Balaban J connectivity index is 1.37. The Labute approximate surface area is 199 Å². The Morgan fingerprint density at radius 2 is 1.68 bits per heavy atom. The van der Waals surface area contributed by atoms with E-state index in [4.69, 9.17) is 4.74 Å². The van der Waals surface area contributed by atoms with E-state index in [2.05, 4.69) is 22.8 Å². The Bertz CT molecular complexity index is 1170. The molecule has 34 heavy (non-hydrogen) atoms. The molecule has 0 aliphatic carbocycles. The summed E-state index contributed by atoms with van der Waals surface area (Å²) in [6, 6.07) is 25.0. The fourth-order valence-electron chi connectivity index (χ4n) is 4.39. The summed E-state index contributed by atoms with van der Waals surface area (Å²) in [6.45, 7) is 1.83. The first kappa shape index (κ1) is 23.2. The lowest BCUT2D eigenvalue weighted by Gasteiger charge is -2.35. The minimum Gasteiger partial charge on any atom is -0.483 e. The van der Waals surface area contributed by atoms with Crippen LogP contribution in [0.2, 0.25) is 0 Å². The maximum Gasteiger partial charge on any atom is 0.262 e. The molecule has 0 aromatic heterocycles. The first-order chi connectivity index (χ1) is 16.5. The average Bonchev–Trinajstić information content (AvgIpc) is 2.85. The van der Waals surface area contributed by atoms with Crippen LogP contribution in [0.5, 0.6) is 5.75 Å². The van der Waals surface area contributed by atoms with Crippen molar-refractivity contribution in [2.24, 2.45) is 0 Å². The Morgan fingerprint density at radius 3 is 2.38 bits per heavy atom. The van der Waals surface area contributed by atoms with Gasteiger partial charge in [-0.05, 0) is 47.7 Å². The third-order valence-electron chi connectivity index (χ3n) is 6.36. The van der Waals surface area contributed by atoms with Gasteiger partial charge in [0.2, 0.25) is 11.8 Å². The highest BCUT2D eigenvalue weighted by molar-refractivity contribution is 6.03. The van der Waals surface area contributed by atoms with Gasteiger partial charge in [0.25, 0.3) is 5.91 Å². The molecule has 6 nitrogen and oxygen atoms in total. The van der Waals surface area contributed by atoms with Crippen molar-refractivity contribution in [1.29, 1.82) is 0 Å². The second-order valence-corrected chi connectivity index (χ2v) is 8.50. The largest absolute Gasteiger partial charge is 0.483 e. The van der Waals surface area contributed by atoms with E-state index in [0.717, 1.165) is 17.5 Å². The smallest absolute Gasteiger partial charge is 0.262 e. The topological polar surface area (TPSA) is 84.5 Å². The van der Waals surface area contributed by atoms with Crippen LogP contribution < -0.4 is 15.4 Å². The number of hydrogen-bond donors (Lipinski definition) is 2. The van der Waals surface area contributed by atoms with E-state index < -0.39 is 5.41 Å². The molecule has 4 rings (SSSR count). The molecule has 1 aliphatic rings. The molecule has 3 aromatic carbocycles. The van der Waals surface area contributed by atoms with Gasteiger partial charge in [-0.25, -0.2) is 0 Å². The van der Waals surface area contributed by atoms with Gasteiger partial charge in [-0.2, -0.15) is 0 Å². The standard InChI is InChI=1S/C28H28N2O4/c1-2-28(17-16-25(31)30-27(28)33)22-12-14-23(15-13-22)29-26(32)19-34-24-11-7-6-10-21(24)18-20-8-4-3-5-9-20/h3-15H,2,16-19H2,1H3,(H,29,32)(H,30,31,33). The van der Waals surface area contributed by atoms with Gasteiger partial charge in [0, 0.05) is 18.5 Å². The molecule has 2 N–H and O–H groups in total. The van der Waals surface area contributed by atoms with Crippen LogP contribution in [0.15, 0.2) is 78.9 Å². The lowest BCUT2D eigenvalue weighted by atomic mass is 9.72. The summed E-state index contributed by atoms with van der Waals surface area (Å²) in [5.74, 6) is -0.0815. The molecule has 1 atom stereocenters. The number of rotatable bonds is 8. The van der Waals surface area contributed by atoms with Gasteiger partial charge in [-0.3, -0.25) is 19.7 Å². The van der Waals surface area contributed by atoms with Crippen molar-refractivity contribution in [3.63, 3.8) is 0 Å². The van der Waals surface area contributed by atoms with Crippen molar-refractivity contribution in [3.05, 3.63) is 95.6 Å². The number of hydrogen-bond acceptors (Lipinski definition) is 4. The number of anilines is 1. The van der Waals surface area contributed by atoms with E-state index in [9.17, 15) is 14.4 Å². The molecule has 1 saturated heterocycles. The summed E-state index contributed by atoms with van der Waals surface area (Å²) in [5.41, 5.74) is 2.92. The van der Waals surface area contributed by atoms with Crippen LogP contribution >= 0.6 is 0 Å². The minimum absolute atomic E-state index is 0.114. The molecule has 3 aromatic rings. The summed E-state index contributed by atoms with van der Waals surface area (Å²) in [4.78, 5) is 36.6. The zero-order valence-corrected chi connectivity index (χ0v) is 19.2. The van der Waals surface area contributed by atoms with E-state index in [1.54, 1.807) is 12.1 Å². The Hall–Kier alpha value is -3.93. The molecule has 0 bridgehead atoms. The molecule has 0 radical (unpaired) electrons. The number of nitrogens with one attached hydrogen (secondary N) is 2. The highest BCUT2D eigenvalue weighted by Gasteiger charge is 2.42. The summed E-state index contributed by atoms with van der Waals surface area (Å²) >= 11 is 0. The highest BCUT2D eigenvalue weighted by atomic mass is 16.5. The van der Waals surface area contributed by atoms with E-state index >= 15 is 0 Å². The van der Waals surface area contributed by atoms with E-state index in [1.165, 1.54) is 5.56 Å². The van der Waals surface area contributed by atoms with E-state index in [-0.39, 0.29) is 24.3 Å². The quantitative estimate of drug-likeness (QED) is 0.493. The molecule has 0 spiro atoms. The summed E-state index contributed by atoms with van der Waals surface area (Å²) in [5, 5.41) is 5.30. The van der Waals surface area contributed by atoms with Crippen molar-refractivity contribution < 1.29 is 19.1 Å². The van der Waals surface area contributed by atoms with Gasteiger partial charge < -0.3 is 10.1 Å². The van der Waals surface area contributed by atoms with Crippen molar-refractivity contribution in [1.82, 2.24) is 5.32 Å². The average molecular weight is 457 g/mol. The maximum absolute atomic E-state index is 12.6. The van der Waals surface area contributed by atoms with Gasteiger partial charge in [-0.15, -0.1) is 0 Å². The van der Waals surface area contributed by atoms with Crippen molar-refractivity contribution in [2.45, 2.75) is 38.0 Å². The molecule has 1 fully saturated rings. The van der Waals surface area contributed by atoms with Crippen LogP contribution in [0.1, 0.15) is 42.9 Å². The SMILES string of the molecule is CCC1(c2ccc(NC(=O)COc3ccccc3Cc3ccccc3)cc2)CCC(=O)NC1=O. The van der Waals surface area contributed by atoms with Crippen molar-refractivity contribution in [2.75, 3.05) is 11.9 Å². The van der Waals surface area contributed by atoms with Crippen LogP contribution in [-0.4, -0.2) is 24.3 Å². The molecule has 1 unspecified atom stereocenters. The van der Waals surface area contributed by atoms with E-state index in [0.29, 0.717) is 30.7 Å². The predicted molar refractivity (Wildman–Crippen MR) is 131 cm³/mol. The molecule has 1 heterocycles. The molecular weight excluding hydrogens is 428 g/mol. The monoisotopic (exact) mass is 456 g/mol. The zero-order chi connectivity index (χ0) is 24.0. The second-order valence-electron chi connectivity index (χ2n) is 8.50. The number of ether oxygens (including phenoxy) is 1. The third-order valence-corrected chi connectivity index (χ3v) is 6.36. The fourth-order valence-corrected chi connectivity index (χ4v) is 4.39. The first-order valence-corrected chi connectivity index (χ1v) is 11.5. The molecular formula is C28H28N2O4. The molecule has 3 amide bonds. The predicted octanol–water partition coefficient (Wildman–Crippen LogP) is 4.38. The summed E-state index contributed by atoms with van der Waals surface area (Å²) in [6.07, 6.45) is 2.11. The molecule has 0 saturated carbocycles. The number of piperidine rings is 1. The maximum atomic E-state index is 12.6. The van der Waals surface area contributed by atoms with Gasteiger partial charge >= 0.3 is 0 Å². The lowest BCUT2D eigenvalue weighted by Crippen LogP contribution is -2.51. The lowest BCUT2D eigenvalue weighted by molar-refractivity contribution is -0.138. The van der Waals surface area contributed by atoms with Gasteiger partial charge in [0.1, 0.15) is 5.75 Å². The molecule has 1 aliphatic heterocycles. The van der Waals surface area contributed by atoms with Crippen LogP contribution in [0.4, 0.5) is 5.69 Å². The minimum atomic E-state index is -0.720. The number of para-hydroxylation sites is 1. The summed E-state index contributed by atoms with van der Waals surface area (Å²) < 4.78 is 5.82. The first-order valence-electron chi connectivity index (χ1n) is 11.5. The Morgan fingerprint density at radius 1 is 0.971 bits per heavy atom. The van der Waals surface area contributed by atoms with Crippen molar-refractivity contribution in [3.8, 4) is 5.75 Å². The Kier molecular flexibility index (Phi) is 7.07. The number of benzene rings is 3. The van der Waals surface area contributed by atoms with Crippen LogP contribution in [0.3, 0.4) is 0 Å². The van der Waals surface area contributed by atoms with Crippen molar-refractivity contribution >= 4 is 23.4 Å². The van der Waals surface area contributed by atoms with Gasteiger partial charge in [-0.1, -0.05) is 67.6 Å². The normalized spacial score (nSPS) is 17.7. The number of amides is 3. The van der Waals surface area contributed by atoms with Crippen LogP contribution in [-0.2, 0) is 26.2 Å². The number of carbonyl (C=O) groups is 3. The van der Waals surface area contributed by atoms with Crippen LogP contribution in [0, 0.1) is 0 Å². The number of carbonyl (C=O) groups excluding carboxylic acids is 3. The van der Waals surface area contributed by atoms with Crippen LogP contribution in [0.25, 0.3) is 0 Å². The van der Waals surface area contributed by atoms with Gasteiger partial charge in [0.05, 0.1) is 5.41 Å². The highest BCUT2D eigenvalue weighted by Crippen LogP contribution is 2.36. The second kappa shape index (κ2) is 10.3. The number of imide groups is 1.